The number of rotatable bonds is 3. The molecule has 0 bridgehead atoms. The molecule has 1 aliphatic rings. The van der Waals surface area contributed by atoms with E-state index in [9.17, 15) is 14.1 Å². The Balaban J connectivity index is 2.55. The standard InChI is InChI=1S/C17H23NO3S/c1-5-11-12-7-6-8-15(18-22(21)17(2,3)4)13(12)9-10-14(11)16(19)20/h9-10H,5-8H2,1-4H3,(H,19,20). The Bertz CT molecular complexity index is 657. The molecule has 0 aromatic heterocycles. The third-order valence-corrected chi connectivity index (χ3v) is 5.32. The van der Waals surface area contributed by atoms with Crippen molar-refractivity contribution < 1.29 is 14.1 Å². The Hall–Kier alpha value is -1.49. The molecule has 0 fully saturated rings. The summed E-state index contributed by atoms with van der Waals surface area (Å²) in [6.07, 6.45) is 3.26. The Kier molecular flexibility index (Phi) is 4.85. The van der Waals surface area contributed by atoms with Gasteiger partial charge in [0.15, 0.2) is 0 Å². The van der Waals surface area contributed by atoms with Gasteiger partial charge in [0, 0.05) is 5.56 Å². The van der Waals surface area contributed by atoms with Crippen molar-refractivity contribution in [1.82, 2.24) is 0 Å². The van der Waals surface area contributed by atoms with E-state index >= 15 is 0 Å². The lowest BCUT2D eigenvalue weighted by Gasteiger charge is -2.23. The number of carbonyl (C=O) groups is 1. The maximum absolute atomic E-state index is 12.3. The molecule has 0 radical (unpaired) electrons. The molecule has 22 heavy (non-hydrogen) atoms. The molecule has 1 aromatic carbocycles. The molecule has 1 unspecified atom stereocenters. The molecule has 5 heteroatoms. The van der Waals surface area contributed by atoms with E-state index < -0.39 is 17.0 Å². The second-order valence-electron chi connectivity index (χ2n) is 6.53. The van der Waals surface area contributed by atoms with Crippen LogP contribution in [0.1, 0.15) is 67.6 Å². The van der Waals surface area contributed by atoms with Crippen LogP contribution < -0.4 is 0 Å². The van der Waals surface area contributed by atoms with Crippen molar-refractivity contribution in [2.45, 2.75) is 58.1 Å². The van der Waals surface area contributed by atoms with Crippen molar-refractivity contribution in [2.24, 2.45) is 4.40 Å². The fraction of sp³-hybridized carbons (Fsp3) is 0.529. The van der Waals surface area contributed by atoms with Gasteiger partial charge in [0.1, 0.15) is 11.0 Å². The summed E-state index contributed by atoms with van der Waals surface area (Å²) >= 11 is 0. The predicted molar refractivity (Wildman–Crippen MR) is 90.1 cm³/mol. The van der Waals surface area contributed by atoms with Gasteiger partial charge in [0.05, 0.1) is 16.0 Å². The van der Waals surface area contributed by atoms with E-state index in [0.29, 0.717) is 12.0 Å². The van der Waals surface area contributed by atoms with Crippen molar-refractivity contribution in [3.05, 3.63) is 34.4 Å². The van der Waals surface area contributed by atoms with Gasteiger partial charge >= 0.3 is 5.97 Å². The van der Waals surface area contributed by atoms with Crippen molar-refractivity contribution in [1.29, 1.82) is 0 Å². The second kappa shape index (κ2) is 6.32. The van der Waals surface area contributed by atoms with Gasteiger partial charge in [-0.3, -0.25) is 0 Å². The molecule has 0 aliphatic heterocycles. The van der Waals surface area contributed by atoms with Crippen LogP contribution in [0.4, 0.5) is 0 Å². The zero-order valence-electron chi connectivity index (χ0n) is 13.6. The minimum Gasteiger partial charge on any atom is -0.478 e. The Morgan fingerprint density at radius 1 is 1.32 bits per heavy atom. The maximum atomic E-state index is 12.3. The molecule has 1 aromatic rings. The summed E-state index contributed by atoms with van der Waals surface area (Å²) in [4.78, 5) is 11.4. The highest BCUT2D eigenvalue weighted by Crippen LogP contribution is 2.29. The minimum atomic E-state index is -1.29. The summed E-state index contributed by atoms with van der Waals surface area (Å²) in [6.45, 7) is 7.69. The van der Waals surface area contributed by atoms with Gasteiger partial charge in [-0.2, -0.15) is 4.40 Å². The Morgan fingerprint density at radius 3 is 2.55 bits per heavy atom. The predicted octanol–water partition coefficient (Wildman–Crippen LogP) is 3.53. The first-order valence-electron chi connectivity index (χ1n) is 7.63. The first kappa shape index (κ1) is 16.9. The lowest BCUT2D eigenvalue weighted by Crippen LogP contribution is -2.23. The summed E-state index contributed by atoms with van der Waals surface area (Å²) in [5.74, 6) is -0.887. The van der Waals surface area contributed by atoms with Crippen molar-refractivity contribution >= 4 is 22.7 Å². The molecule has 1 aliphatic carbocycles. The van der Waals surface area contributed by atoms with Gasteiger partial charge in [-0.15, -0.1) is 0 Å². The number of carboxylic acid groups (broad SMARTS) is 1. The molecule has 1 N–H and O–H groups in total. The highest BCUT2D eigenvalue weighted by molar-refractivity contribution is 7.85. The van der Waals surface area contributed by atoms with Crippen LogP contribution in [0, 0.1) is 0 Å². The number of carboxylic acids is 1. The molecular formula is C17H23NO3S. The maximum Gasteiger partial charge on any atom is 0.335 e. The average molecular weight is 321 g/mol. The molecule has 0 heterocycles. The van der Waals surface area contributed by atoms with Crippen LogP contribution in [-0.4, -0.2) is 25.7 Å². The number of hydrogen-bond donors (Lipinski definition) is 1. The Labute approximate surface area is 134 Å². The molecule has 1 atom stereocenters. The number of fused-ring (bicyclic) bond motifs is 1. The van der Waals surface area contributed by atoms with E-state index in [2.05, 4.69) is 4.40 Å². The molecule has 0 spiro atoms. The van der Waals surface area contributed by atoms with Gasteiger partial charge in [-0.1, -0.05) is 13.0 Å². The van der Waals surface area contributed by atoms with E-state index in [1.165, 1.54) is 0 Å². The SMILES string of the molecule is CCc1c(C(=O)O)ccc2c1CCCC2=NS(=O)C(C)(C)C. The molecule has 0 saturated heterocycles. The number of hydrogen-bond acceptors (Lipinski definition) is 2. The van der Waals surface area contributed by atoms with Crippen LogP contribution in [0.3, 0.4) is 0 Å². The zero-order chi connectivity index (χ0) is 16.5. The van der Waals surface area contributed by atoms with Crippen molar-refractivity contribution in [3.63, 3.8) is 0 Å². The summed E-state index contributed by atoms with van der Waals surface area (Å²) in [5.41, 5.74) is 4.16. The number of benzene rings is 1. The monoisotopic (exact) mass is 321 g/mol. The fourth-order valence-corrected chi connectivity index (χ4v) is 3.42. The third-order valence-electron chi connectivity index (χ3n) is 3.88. The molecule has 0 saturated carbocycles. The minimum absolute atomic E-state index is 0.374. The van der Waals surface area contributed by atoms with Crippen LogP contribution in [0.5, 0.6) is 0 Å². The van der Waals surface area contributed by atoms with Gasteiger partial charge in [0.25, 0.3) is 0 Å². The third kappa shape index (κ3) is 3.29. The van der Waals surface area contributed by atoms with Gasteiger partial charge < -0.3 is 5.11 Å². The largest absolute Gasteiger partial charge is 0.478 e. The summed E-state index contributed by atoms with van der Waals surface area (Å²) in [6, 6.07) is 3.48. The molecule has 4 nitrogen and oxygen atoms in total. The lowest BCUT2D eigenvalue weighted by atomic mass is 9.84. The smallest absolute Gasteiger partial charge is 0.335 e. The summed E-state index contributed by atoms with van der Waals surface area (Å²) in [5, 5.41) is 9.34. The zero-order valence-corrected chi connectivity index (χ0v) is 14.4. The topological polar surface area (TPSA) is 66.7 Å². The first-order chi connectivity index (χ1) is 10.3. The quantitative estimate of drug-likeness (QED) is 0.926. The van der Waals surface area contributed by atoms with Gasteiger partial charge in [0.2, 0.25) is 0 Å². The van der Waals surface area contributed by atoms with Gasteiger partial charge in [-0.05, 0) is 63.6 Å². The van der Waals surface area contributed by atoms with Gasteiger partial charge in [-0.25, -0.2) is 9.00 Å². The van der Waals surface area contributed by atoms with Crippen molar-refractivity contribution in [3.8, 4) is 0 Å². The molecule has 2 rings (SSSR count). The van der Waals surface area contributed by atoms with Crippen LogP contribution in [0.15, 0.2) is 16.5 Å². The van der Waals surface area contributed by atoms with E-state index in [1.54, 1.807) is 6.07 Å². The number of nitrogens with zero attached hydrogens (tertiary/aromatic N) is 1. The number of aromatic carboxylic acids is 1. The van der Waals surface area contributed by atoms with Crippen LogP contribution in [0.2, 0.25) is 0 Å². The summed E-state index contributed by atoms with van der Waals surface area (Å²) in [7, 11) is -1.29. The molecular weight excluding hydrogens is 298 g/mol. The highest BCUT2D eigenvalue weighted by Gasteiger charge is 2.25. The average Bonchev–Trinajstić information content (AvgIpc) is 2.45. The van der Waals surface area contributed by atoms with Crippen molar-refractivity contribution in [2.75, 3.05) is 0 Å². The van der Waals surface area contributed by atoms with E-state index in [4.69, 9.17) is 0 Å². The fourth-order valence-electron chi connectivity index (χ4n) is 2.75. The van der Waals surface area contributed by atoms with E-state index in [1.807, 2.05) is 33.8 Å². The lowest BCUT2D eigenvalue weighted by molar-refractivity contribution is 0.0695. The van der Waals surface area contributed by atoms with Crippen LogP contribution >= 0.6 is 0 Å². The van der Waals surface area contributed by atoms with Crippen LogP contribution in [-0.2, 0) is 23.8 Å². The van der Waals surface area contributed by atoms with E-state index in [0.717, 1.165) is 41.7 Å². The molecule has 0 amide bonds. The molecule has 120 valence electrons. The normalized spacial score (nSPS) is 18.1. The second-order valence-corrected chi connectivity index (χ2v) is 8.44. The van der Waals surface area contributed by atoms with E-state index in [-0.39, 0.29) is 4.75 Å². The first-order valence-corrected chi connectivity index (χ1v) is 8.74. The highest BCUT2D eigenvalue weighted by atomic mass is 32.2. The summed E-state index contributed by atoms with van der Waals surface area (Å²) < 4.78 is 16.4. The van der Waals surface area contributed by atoms with Crippen LogP contribution in [0.25, 0.3) is 0 Å². The Morgan fingerprint density at radius 2 is 2.00 bits per heavy atom.